The number of likely N-dealkylation sites (tertiary alicyclic amines) is 1. The van der Waals surface area contributed by atoms with E-state index >= 15 is 0 Å². The molecule has 5 rings (SSSR count). The lowest BCUT2D eigenvalue weighted by molar-refractivity contribution is -0.132. The van der Waals surface area contributed by atoms with Crippen molar-refractivity contribution in [3.63, 3.8) is 0 Å². The third kappa shape index (κ3) is 4.88. The normalized spacial score (nSPS) is 16.3. The number of anilines is 1. The number of hydrogen-bond donors (Lipinski definition) is 1. The van der Waals surface area contributed by atoms with Crippen LogP contribution in [0.4, 0.5) is 10.5 Å². The maximum Gasteiger partial charge on any atom is 0.318 e. The van der Waals surface area contributed by atoms with E-state index in [2.05, 4.69) is 23.5 Å². The minimum Gasteiger partial charge on any atom is -0.347 e. The maximum absolute atomic E-state index is 13.7. The third-order valence-corrected chi connectivity index (χ3v) is 7.61. The Morgan fingerprint density at radius 1 is 0.947 bits per heavy atom. The zero-order valence-corrected chi connectivity index (χ0v) is 22.2. The van der Waals surface area contributed by atoms with E-state index in [1.807, 2.05) is 60.4 Å². The summed E-state index contributed by atoms with van der Waals surface area (Å²) < 4.78 is 0. The van der Waals surface area contributed by atoms with Gasteiger partial charge in [0.25, 0.3) is 5.91 Å². The van der Waals surface area contributed by atoms with Crippen molar-refractivity contribution in [1.82, 2.24) is 15.1 Å². The molecule has 2 aliphatic rings. The van der Waals surface area contributed by atoms with Crippen LogP contribution >= 0.6 is 0 Å². The Bertz CT molecular complexity index is 1380. The minimum absolute atomic E-state index is 0.0361. The predicted molar refractivity (Wildman–Crippen MR) is 149 cm³/mol. The van der Waals surface area contributed by atoms with E-state index in [9.17, 15) is 14.4 Å². The number of rotatable bonds is 4. The van der Waals surface area contributed by atoms with Crippen LogP contribution in [-0.4, -0.2) is 60.9 Å². The van der Waals surface area contributed by atoms with E-state index in [1.54, 1.807) is 19.0 Å². The molecule has 0 aliphatic carbocycles. The molecule has 7 nitrogen and oxygen atoms in total. The van der Waals surface area contributed by atoms with E-state index < -0.39 is 6.04 Å². The summed E-state index contributed by atoms with van der Waals surface area (Å²) in [7, 11) is 3.43. The van der Waals surface area contributed by atoms with Crippen molar-refractivity contribution < 1.29 is 14.4 Å². The molecule has 7 heteroatoms. The number of amides is 4. The minimum atomic E-state index is -0.409. The first-order chi connectivity index (χ1) is 18.3. The highest BCUT2D eigenvalue weighted by Crippen LogP contribution is 2.37. The van der Waals surface area contributed by atoms with E-state index in [1.165, 1.54) is 16.0 Å². The van der Waals surface area contributed by atoms with E-state index in [0.29, 0.717) is 31.6 Å². The fourth-order valence-electron chi connectivity index (χ4n) is 5.52. The number of hydrogen-bond acceptors (Lipinski definition) is 3. The first-order valence-corrected chi connectivity index (χ1v) is 13.2. The van der Waals surface area contributed by atoms with E-state index in [4.69, 9.17) is 0 Å². The number of benzene rings is 3. The fraction of sp³-hybridized carbons (Fsp3) is 0.323. The van der Waals surface area contributed by atoms with Crippen molar-refractivity contribution in [3.8, 4) is 11.1 Å². The van der Waals surface area contributed by atoms with Gasteiger partial charge in [-0.3, -0.25) is 9.59 Å². The maximum atomic E-state index is 13.7. The Morgan fingerprint density at radius 2 is 1.68 bits per heavy atom. The van der Waals surface area contributed by atoms with E-state index in [0.717, 1.165) is 35.2 Å². The molecule has 0 radical (unpaired) electrons. The number of urea groups is 1. The number of nitrogens with zero attached hydrogens (tertiary/aromatic N) is 3. The largest absolute Gasteiger partial charge is 0.347 e. The van der Waals surface area contributed by atoms with Gasteiger partial charge in [0.2, 0.25) is 5.91 Å². The van der Waals surface area contributed by atoms with Gasteiger partial charge in [0, 0.05) is 44.9 Å². The van der Waals surface area contributed by atoms with Gasteiger partial charge in [0.1, 0.15) is 6.04 Å². The van der Waals surface area contributed by atoms with Crippen LogP contribution in [0.2, 0.25) is 0 Å². The van der Waals surface area contributed by atoms with Crippen molar-refractivity contribution in [2.75, 3.05) is 32.1 Å². The zero-order valence-electron chi connectivity index (χ0n) is 22.2. The summed E-state index contributed by atoms with van der Waals surface area (Å²) in [5.41, 5.74) is 6.90. The van der Waals surface area contributed by atoms with E-state index in [-0.39, 0.29) is 17.8 Å². The summed E-state index contributed by atoms with van der Waals surface area (Å²) in [4.78, 5) is 44.1. The van der Waals surface area contributed by atoms with Crippen molar-refractivity contribution in [2.45, 2.75) is 38.8 Å². The zero-order chi connectivity index (χ0) is 26.8. The van der Waals surface area contributed by atoms with Crippen LogP contribution in [0, 0.1) is 6.92 Å². The summed E-state index contributed by atoms with van der Waals surface area (Å²) >= 11 is 0. The van der Waals surface area contributed by atoms with Gasteiger partial charge in [-0.05, 0) is 66.6 Å². The Hall–Kier alpha value is -4.13. The summed E-state index contributed by atoms with van der Waals surface area (Å²) in [5, 5.41) is 2.97. The molecule has 2 heterocycles. The van der Waals surface area contributed by atoms with Gasteiger partial charge >= 0.3 is 6.03 Å². The summed E-state index contributed by atoms with van der Waals surface area (Å²) in [5.74, 6) is -0.0825. The van der Waals surface area contributed by atoms with Gasteiger partial charge < -0.3 is 20.0 Å². The SMILES string of the molecule is Cc1cc(C(=O)N2CCc3ccccc3-c3ccccc32)ccc1CNC(=O)N1CCC[C@H]1C(=O)N(C)C. The van der Waals surface area contributed by atoms with Crippen molar-refractivity contribution in [1.29, 1.82) is 0 Å². The molecule has 1 atom stereocenters. The van der Waals surface area contributed by atoms with Crippen LogP contribution in [0.15, 0.2) is 66.7 Å². The fourth-order valence-corrected chi connectivity index (χ4v) is 5.52. The highest BCUT2D eigenvalue weighted by molar-refractivity contribution is 6.08. The van der Waals surface area contributed by atoms with Gasteiger partial charge in [0.05, 0.1) is 5.69 Å². The Kier molecular flexibility index (Phi) is 7.18. The quantitative estimate of drug-likeness (QED) is 0.556. The Labute approximate surface area is 224 Å². The average Bonchev–Trinajstić information content (AvgIpc) is 3.36. The molecular weight excluding hydrogens is 476 g/mol. The molecule has 0 unspecified atom stereocenters. The Balaban J connectivity index is 1.30. The first kappa shape index (κ1) is 25.5. The lowest BCUT2D eigenvalue weighted by Gasteiger charge is -2.26. The molecule has 38 heavy (non-hydrogen) atoms. The molecule has 1 fully saturated rings. The van der Waals surface area contributed by atoms with Crippen molar-refractivity contribution >= 4 is 23.5 Å². The lowest BCUT2D eigenvalue weighted by atomic mass is 9.98. The number of carbonyl (C=O) groups excluding carboxylic acids is 3. The molecule has 2 aliphatic heterocycles. The van der Waals surface area contributed by atoms with Crippen LogP contribution in [0.1, 0.15) is 39.9 Å². The van der Waals surface area contributed by atoms with Crippen LogP contribution < -0.4 is 10.2 Å². The number of likely N-dealkylation sites (N-methyl/N-ethyl adjacent to an activating group) is 1. The average molecular weight is 511 g/mol. The highest BCUT2D eigenvalue weighted by atomic mass is 16.2. The molecule has 3 aromatic rings. The number of carbonyl (C=O) groups is 3. The summed E-state index contributed by atoms with van der Waals surface area (Å²) in [6.45, 7) is 3.47. The lowest BCUT2D eigenvalue weighted by Crippen LogP contribution is -2.49. The van der Waals surface area contributed by atoms with Crippen LogP contribution in [0.5, 0.6) is 0 Å². The molecular formula is C31H34N4O3. The Morgan fingerprint density at radius 3 is 2.45 bits per heavy atom. The molecule has 196 valence electrons. The third-order valence-electron chi connectivity index (χ3n) is 7.61. The van der Waals surface area contributed by atoms with Gasteiger partial charge in [-0.1, -0.05) is 48.5 Å². The number of aryl methyl sites for hydroxylation is 1. The molecule has 0 aromatic heterocycles. The molecule has 0 saturated carbocycles. The second-order valence-electron chi connectivity index (χ2n) is 10.3. The molecule has 0 bridgehead atoms. The second kappa shape index (κ2) is 10.7. The molecule has 1 N–H and O–H groups in total. The predicted octanol–water partition coefficient (Wildman–Crippen LogP) is 4.63. The van der Waals surface area contributed by atoms with Crippen molar-refractivity contribution in [2.24, 2.45) is 0 Å². The van der Waals surface area contributed by atoms with Crippen LogP contribution in [-0.2, 0) is 17.8 Å². The smallest absolute Gasteiger partial charge is 0.318 e. The molecule has 1 saturated heterocycles. The summed E-state index contributed by atoms with van der Waals surface area (Å²) in [6.07, 6.45) is 2.29. The van der Waals surface area contributed by atoms with Gasteiger partial charge in [0.15, 0.2) is 0 Å². The topological polar surface area (TPSA) is 73.0 Å². The first-order valence-electron chi connectivity index (χ1n) is 13.2. The van der Waals surface area contributed by atoms with Crippen LogP contribution in [0.3, 0.4) is 0 Å². The van der Waals surface area contributed by atoms with Crippen LogP contribution in [0.25, 0.3) is 11.1 Å². The highest BCUT2D eigenvalue weighted by Gasteiger charge is 2.35. The standard InChI is InChI=1S/C31H34N4O3/c1-21-19-23(14-15-24(21)20-32-31(38)35-17-8-13-28(35)30(37)33(2)3)29(36)34-18-16-22-9-4-5-10-25(22)26-11-6-7-12-27(26)34/h4-7,9-12,14-15,19,28H,8,13,16-18,20H2,1-3H3,(H,32,38)/t28-/m0/s1. The van der Waals surface area contributed by atoms with Crippen molar-refractivity contribution in [3.05, 3.63) is 89.0 Å². The van der Waals surface area contributed by atoms with Gasteiger partial charge in [-0.2, -0.15) is 0 Å². The second-order valence-corrected chi connectivity index (χ2v) is 10.3. The number of fused-ring (bicyclic) bond motifs is 3. The molecule has 4 amide bonds. The molecule has 0 spiro atoms. The number of nitrogens with one attached hydrogen (secondary N) is 1. The van der Waals surface area contributed by atoms with Gasteiger partial charge in [-0.15, -0.1) is 0 Å². The monoisotopic (exact) mass is 510 g/mol. The number of para-hydroxylation sites is 1. The molecule has 3 aromatic carbocycles. The van der Waals surface area contributed by atoms with Gasteiger partial charge in [-0.25, -0.2) is 4.79 Å². The summed E-state index contributed by atoms with van der Waals surface area (Å²) in [6, 6.07) is 21.4.